The van der Waals surface area contributed by atoms with Gasteiger partial charge in [-0.2, -0.15) is 9.30 Å². The van der Waals surface area contributed by atoms with E-state index in [-0.39, 0.29) is 16.7 Å². The van der Waals surface area contributed by atoms with Gasteiger partial charge in [-0.25, -0.2) is 8.42 Å². The summed E-state index contributed by atoms with van der Waals surface area (Å²) in [4.78, 5) is 18.1. The number of fused-ring (bicyclic) bond motifs is 1. The van der Waals surface area contributed by atoms with E-state index in [0.29, 0.717) is 41.5 Å². The molecule has 1 amide bonds. The van der Waals surface area contributed by atoms with Gasteiger partial charge in [0.25, 0.3) is 5.91 Å². The lowest BCUT2D eigenvalue weighted by Crippen LogP contribution is -2.37. The van der Waals surface area contributed by atoms with Gasteiger partial charge in [0.1, 0.15) is 0 Å². The quantitative estimate of drug-likeness (QED) is 0.318. The third-order valence-corrected chi connectivity index (χ3v) is 8.46. The minimum atomic E-state index is -3.68. The van der Waals surface area contributed by atoms with Crippen LogP contribution in [0, 0.1) is 11.8 Å². The van der Waals surface area contributed by atoms with Crippen LogP contribution in [-0.2, 0) is 16.6 Å². The smallest absolute Gasteiger partial charge is 0.279 e. The normalized spacial score (nSPS) is 12.6. The van der Waals surface area contributed by atoms with E-state index in [1.807, 2.05) is 44.4 Å². The largest absolute Gasteiger partial charge is 0.493 e. The van der Waals surface area contributed by atoms with E-state index in [4.69, 9.17) is 9.47 Å². The van der Waals surface area contributed by atoms with E-state index in [9.17, 15) is 13.2 Å². The molecule has 0 bridgehead atoms. The highest BCUT2D eigenvalue weighted by atomic mass is 32.2. The summed E-state index contributed by atoms with van der Waals surface area (Å²) < 4.78 is 41.7. The Hall–Kier alpha value is -2.95. The summed E-state index contributed by atoms with van der Waals surface area (Å²) in [5.74, 6) is 1.08. The fourth-order valence-electron chi connectivity index (χ4n) is 3.94. The minimum absolute atomic E-state index is 0.160. The monoisotopic (exact) mass is 545 g/mol. The molecule has 0 N–H and O–H groups in total. The maximum absolute atomic E-state index is 13.3. The van der Waals surface area contributed by atoms with Crippen LogP contribution < -0.4 is 14.3 Å². The first-order valence-electron chi connectivity index (χ1n) is 12.1. The van der Waals surface area contributed by atoms with Crippen LogP contribution in [0.5, 0.6) is 11.5 Å². The number of benzene rings is 2. The molecule has 0 saturated carbocycles. The van der Waals surface area contributed by atoms with Gasteiger partial charge >= 0.3 is 0 Å². The second-order valence-corrected chi connectivity index (χ2v) is 12.5. The van der Waals surface area contributed by atoms with Crippen LogP contribution in [0.4, 0.5) is 0 Å². The van der Waals surface area contributed by atoms with Crippen molar-refractivity contribution in [1.29, 1.82) is 0 Å². The minimum Gasteiger partial charge on any atom is -0.493 e. The van der Waals surface area contributed by atoms with Gasteiger partial charge in [-0.3, -0.25) is 4.79 Å². The molecule has 0 aliphatic carbocycles. The molecular weight excluding hydrogens is 510 g/mol. The molecule has 0 aliphatic heterocycles. The average Bonchev–Trinajstić information content (AvgIpc) is 3.18. The molecule has 8 nitrogen and oxygen atoms in total. The number of ether oxygens (including phenoxy) is 2. The van der Waals surface area contributed by atoms with Gasteiger partial charge in [0.05, 0.1) is 29.3 Å². The van der Waals surface area contributed by atoms with Crippen molar-refractivity contribution in [2.45, 2.75) is 39.1 Å². The predicted molar refractivity (Wildman–Crippen MR) is 148 cm³/mol. The summed E-state index contributed by atoms with van der Waals surface area (Å²) >= 11 is 1.35. The molecule has 3 rings (SSSR count). The summed E-state index contributed by atoms with van der Waals surface area (Å²) in [5.41, 5.74) is 1.14. The summed E-state index contributed by atoms with van der Waals surface area (Å²) in [6, 6.07) is 9.67. The lowest BCUT2D eigenvalue weighted by atomic mass is 10.2. The summed E-state index contributed by atoms with van der Waals surface area (Å²) in [6.45, 7) is 13.1. The van der Waals surface area contributed by atoms with E-state index in [1.165, 1.54) is 39.9 Å². The molecular formula is C27H35N3O5S2. The number of rotatable bonds is 11. The zero-order valence-electron chi connectivity index (χ0n) is 22.2. The third-order valence-electron chi connectivity index (χ3n) is 5.57. The van der Waals surface area contributed by atoms with E-state index >= 15 is 0 Å². The molecule has 0 radical (unpaired) electrons. The van der Waals surface area contributed by atoms with Gasteiger partial charge in [-0.1, -0.05) is 45.1 Å². The summed E-state index contributed by atoms with van der Waals surface area (Å²) in [7, 11) is -0.548. The number of carbonyl (C=O) groups excluding carboxylic acids is 1. The molecule has 1 aromatic heterocycles. The van der Waals surface area contributed by atoms with Crippen molar-refractivity contribution >= 4 is 37.5 Å². The van der Waals surface area contributed by atoms with E-state index in [1.54, 1.807) is 20.3 Å². The van der Waals surface area contributed by atoms with Crippen molar-refractivity contribution in [3.05, 3.63) is 59.4 Å². The highest BCUT2D eigenvalue weighted by molar-refractivity contribution is 7.89. The number of hydrogen-bond acceptors (Lipinski definition) is 6. The van der Waals surface area contributed by atoms with Crippen molar-refractivity contribution in [3.63, 3.8) is 0 Å². The Morgan fingerprint density at radius 3 is 2.14 bits per heavy atom. The number of sulfonamides is 1. The first-order valence-corrected chi connectivity index (χ1v) is 14.3. The summed E-state index contributed by atoms with van der Waals surface area (Å²) in [5, 5.41) is 0. The SMILES string of the molecule is C=CCn1c(=NC(=O)c2ccc(S(=O)(=O)N(CC(C)C)CC(C)C)cc2)sc2cc(OC)c(OC)cc21. The number of thiazole rings is 1. The van der Waals surface area contributed by atoms with Gasteiger partial charge in [0.15, 0.2) is 16.3 Å². The Kier molecular flexibility index (Phi) is 9.33. The van der Waals surface area contributed by atoms with Crippen LogP contribution in [0.15, 0.2) is 58.9 Å². The maximum Gasteiger partial charge on any atom is 0.279 e. The average molecular weight is 546 g/mol. The molecule has 2 aromatic carbocycles. The molecule has 3 aromatic rings. The molecule has 0 saturated heterocycles. The Labute approximate surface area is 222 Å². The molecule has 0 aliphatic rings. The molecule has 10 heteroatoms. The Balaban J connectivity index is 1.99. The number of amides is 1. The van der Waals surface area contributed by atoms with Gasteiger partial charge < -0.3 is 14.0 Å². The lowest BCUT2D eigenvalue weighted by Gasteiger charge is -2.25. The van der Waals surface area contributed by atoms with Crippen LogP contribution in [0.2, 0.25) is 0 Å². The van der Waals surface area contributed by atoms with Crippen molar-refractivity contribution < 1.29 is 22.7 Å². The van der Waals surface area contributed by atoms with Crippen molar-refractivity contribution in [2.24, 2.45) is 16.8 Å². The van der Waals surface area contributed by atoms with Gasteiger partial charge in [-0.05, 0) is 36.1 Å². The van der Waals surface area contributed by atoms with E-state index in [0.717, 1.165) is 10.2 Å². The van der Waals surface area contributed by atoms with Crippen LogP contribution >= 0.6 is 11.3 Å². The number of carbonyl (C=O) groups is 1. The van der Waals surface area contributed by atoms with Gasteiger partial charge in [0, 0.05) is 37.3 Å². The molecule has 37 heavy (non-hydrogen) atoms. The first kappa shape index (κ1) is 28.6. The van der Waals surface area contributed by atoms with E-state index < -0.39 is 15.9 Å². The number of methoxy groups -OCH3 is 2. The number of allylic oxidation sites excluding steroid dienone is 1. The molecule has 0 spiro atoms. The second-order valence-electron chi connectivity index (χ2n) is 9.51. The number of hydrogen-bond donors (Lipinski definition) is 0. The van der Waals surface area contributed by atoms with Crippen LogP contribution in [-0.4, -0.2) is 50.5 Å². The van der Waals surface area contributed by atoms with Crippen molar-refractivity contribution in [2.75, 3.05) is 27.3 Å². The van der Waals surface area contributed by atoms with Gasteiger partial charge in [0.2, 0.25) is 10.0 Å². The fourth-order valence-corrected chi connectivity index (χ4v) is 6.76. The van der Waals surface area contributed by atoms with E-state index in [2.05, 4.69) is 11.6 Å². The molecule has 0 unspecified atom stereocenters. The highest BCUT2D eigenvalue weighted by Crippen LogP contribution is 2.33. The predicted octanol–water partition coefficient (Wildman–Crippen LogP) is 4.95. The third kappa shape index (κ3) is 6.49. The highest BCUT2D eigenvalue weighted by Gasteiger charge is 2.26. The fraction of sp³-hybridized carbons (Fsp3) is 0.407. The Bertz CT molecular complexity index is 1430. The number of aromatic nitrogens is 1. The molecule has 0 atom stereocenters. The second kappa shape index (κ2) is 12.1. The van der Waals surface area contributed by atoms with Crippen molar-refractivity contribution in [3.8, 4) is 11.5 Å². The molecule has 1 heterocycles. The van der Waals surface area contributed by atoms with Gasteiger partial charge in [-0.15, -0.1) is 6.58 Å². The van der Waals surface area contributed by atoms with Crippen LogP contribution in [0.25, 0.3) is 10.2 Å². The Morgan fingerprint density at radius 1 is 1.05 bits per heavy atom. The lowest BCUT2D eigenvalue weighted by molar-refractivity contribution is 0.0997. The first-order chi connectivity index (χ1) is 17.5. The van der Waals surface area contributed by atoms with Crippen LogP contribution in [0.3, 0.4) is 0 Å². The molecule has 200 valence electrons. The van der Waals surface area contributed by atoms with Crippen molar-refractivity contribution in [1.82, 2.24) is 8.87 Å². The Morgan fingerprint density at radius 2 is 1.62 bits per heavy atom. The topological polar surface area (TPSA) is 90.2 Å². The summed E-state index contributed by atoms with van der Waals surface area (Å²) in [6.07, 6.45) is 1.73. The standard InChI is InChI=1S/C27H35N3O5S2/c1-8-13-30-22-14-23(34-6)24(35-7)15-25(22)36-27(30)28-26(31)20-9-11-21(12-10-20)37(32,33)29(16-18(2)3)17-19(4)5/h8-12,14-15,18-19H,1,13,16-17H2,2-7H3. The zero-order chi connectivity index (χ0) is 27.3. The van der Waals surface area contributed by atoms with Crippen LogP contribution in [0.1, 0.15) is 38.1 Å². The number of nitrogens with zero attached hydrogens (tertiary/aromatic N) is 3. The maximum atomic E-state index is 13.3. The zero-order valence-corrected chi connectivity index (χ0v) is 23.9. The molecule has 0 fully saturated rings.